The number of halogens is 3. The van der Waals surface area contributed by atoms with Crippen LogP contribution in [0, 0.1) is 0 Å². The van der Waals surface area contributed by atoms with Gasteiger partial charge in [0.15, 0.2) is 11.5 Å². The summed E-state index contributed by atoms with van der Waals surface area (Å²) in [6.07, 6.45) is -2.31. The van der Waals surface area contributed by atoms with Gasteiger partial charge in [0, 0.05) is 11.1 Å². The van der Waals surface area contributed by atoms with Crippen LogP contribution >= 0.6 is 11.6 Å². The molecule has 4 nitrogen and oxygen atoms in total. The number of aromatic nitrogens is 1. The lowest BCUT2D eigenvalue weighted by Crippen LogP contribution is -2.26. The molecule has 2 N–H and O–H groups in total. The van der Waals surface area contributed by atoms with Crippen molar-refractivity contribution in [3.05, 3.63) is 35.6 Å². The lowest BCUT2D eigenvalue weighted by atomic mass is 10.1. The van der Waals surface area contributed by atoms with Gasteiger partial charge in [0.25, 0.3) is 0 Å². The summed E-state index contributed by atoms with van der Waals surface area (Å²) in [5.41, 5.74) is 6.73. The van der Waals surface area contributed by atoms with Gasteiger partial charge < -0.3 is 15.2 Å². The lowest BCUT2D eigenvalue weighted by molar-refractivity contribution is -0.286. The van der Waals surface area contributed by atoms with Crippen molar-refractivity contribution in [2.45, 2.75) is 6.29 Å². The first kappa shape index (κ1) is 12.0. The molecule has 98 valence electrons. The molecule has 1 aliphatic rings. The maximum absolute atomic E-state index is 13.1. The van der Waals surface area contributed by atoms with Crippen molar-refractivity contribution in [3.8, 4) is 22.6 Å². The summed E-state index contributed by atoms with van der Waals surface area (Å²) in [7, 11) is 0. The summed E-state index contributed by atoms with van der Waals surface area (Å²) in [5.74, 6) is -0.136. The van der Waals surface area contributed by atoms with E-state index in [2.05, 4.69) is 14.5 Å². The number of rotatable bonds is 1. The number of nitrogens with two attached hydrogens (primary N) is 1. The third-order valence-electron chi connectivity index (χ3n) is 2.58. The second-order valence-corrected chi connectivity index (χ2v) is 4.27. The quantitative estimate of drug-likeness (QED) is 0.816. The van der Waals surface area contributed by atoms with Crippen molar-refractivity contribution in [3.63, 3.8) is 0 Å². The number of pyridine rings is 1. The number of benzene rings is 1. The Bertz CT molecular complexity index is 664. The maximum atomic E-state index is 13.1. The number of fused-ring (bicyclic) bond motifs is 1. The SMILES string of the molecule is Nc1cnc(Cl)c(-c2cccc3c2OC(F)(F)O3)c1. The van der Waals surface area contributed by atoms with Crippen molar-refractivity contribution < 1.29 is 18.3 Å². The van der Waals surface area contributed by atoms with Crippen LogP contribution in [0.1, 0.15) is 0 Å². The molecule has 1 aromatic heterocycles. The van der Waals surface area contributed by atoms with E-state index in [1.54, 1.807) is 12.1 Å². The predicted octanol–water partition coefficient (Wildman–Crippen LogP) is 3.31. The molecular weight excluding hydrogens is 278 g/mol. The maximum Gasteiger partial charge on any atom is 0.586 e. The van der Waals surface area contributed by atoms with Gasteiger partial charge >= 0.3 is 6.29 Å². The summed E-state index contributed by atoms with van der Waals surface area (Å²) in [5, 5.41) is 0.140. The van der Waals surface area contributed by atoms with Gasteiger partial charge in [-0.3, -0.25) is 0 Å². The average molecular weight is 285 g/mol. The van der Waals surface area contributed by atoms with Crippen LogP contribution in [0.15, 0.2) is 30.5 Å². The molecular formula is C12H7ClF2N2O2. The van der Waals surface area contributed by atoms with Crippen LogP contribution in [0.4, 0.5) is 14.5 Å². The van der Waals surface area contributed by atoms with Crippen LogP contribution in [0.25, 0.3) is 11.1 Å². The topological polar surface area (TPSA) is 57.4 Å². The van der Waals surface area contributed by atoms with Crippen LogP contribution in [0.5, 0.6) is 11.5 Å². The zero-order chi connectivity index (χ0) is 13.6. The molecule has 1 aromatic carbocycles. The van der Waals surface area contributed by atoms with Crippen molar-refractivity contribution in [1.29, 1.82) is 0 Å². The third-order valence-corrected chi connectivity index (χ3v) is 2.88. The largest absolute Gasteiger partial charge is 0.586 e. The Hall–Kier alpha value is -2.08. The van der Waals surface area contributed by atoms with E-state index in [-0.39, 0.29) is 16.7 Å². The van der Waals surface area contributed by atoms with Gasteiger partial charge in [-0.1, -0.05) is 23.7 Å². The van der Waals surface area contributed by atoms with Gasteiger partial charge in [-0.2, -0.15) is 0 Å². The first-order valence-electron chi connectivity index (χ1n) is 5.26. The van der Waals surface area contributed by atoms with E-state index in [0.717, 1.165) is 0 Å². The second kappa shape index (κ2) is 3.96. The molecule has 0 radical (unpaired) electrons. The average Bonchev–Trinajstić information content (AvgIpc) is 2.66. The van der Waals surface area contributed by atoms with Crippen LogP contribution in [0.2, 0.25) is 5.15 Å². The molecule has 0 bridgehead atoms. The summed E-state index contributed by atoms with van der Waals surface area (Å²) in [6, 6.07) is 6.04. The van der Waals surface area contributed by atoms with E-state index in [9.17, 15) is 8.78 Å². The van der Waals surface area contributed by atoms with Gasteiger partial charge in [0.2, 0.25) is 0 Å². The highest BCUT2D eigenvalue weighted by Crippen LogP contribution is 2.48. The fourth-order valence-electron chi connectivity index (χ4n) is 1.83. The first-order chi connectivity index (χ1) is 8.96. The molecule has 19 heavy (non-hydrogen) atoms. The summed E-state index contributed by atoms with van der Waals surface area (Å²) < 4.78 is 35.1. The van der Waals surface area contributed by atoms with Gasteiger partial charge in [0.05, 0.1) is 11.9 Å². The van der Waals surface area contributed by atoms with Crippen LogP contribution in [-0.2, 0) is 0 Å². The Labute approximate surface area is 111 Å². The highest BCUT2D eigenvalue weighted by molar-refractivity contribution is 6.32. The number of anilines is 1. The number of ether oxygens (including phenoxy) is 2. The number of nitrogen functional groups attached to an aromatic ring is 1. The normalized spacial score (nSPS) is 15.5. The zero-order valence-electron chi connectivity index (χ0n) is 9.36. The summed E-state index contributed by atoms with van der Waals surface area (Å²) in [6.45, 7) is 0. The Morgan fingerprint density at radius 2 is 2.00 bits per heavy atom. The van der Waals surface area contributed by atoms with Gasteiger partial charge in [-0.15, -0.1) is 8.78 Å². The number of hydrogen-bond acceptors (Lipinski definition) is 4. The molecule has 2 heterocycles. The zero-order valence-corrected chi connectivity index (χ0v) is 10.1. The molecule has 1 aliphatic heterocycles. The summed E-state index contributed by atoms with van der Waals surface area (Å²) >= 11 is 5.95. The van der Waals surface area contributed by atoms with Crippen molar-refractivity contribution >= 4 is 17.3 Å². The van der Waals surface area contributed by atoms with E-state index in [1.807, 2.05) is 0 Å². The Balaban J connectivity index is 2.18. The van der Waals surface area contributed by atoms with Crippen molar-refractivity contribution in [2.75, 3.05) is 5.73 Å². The monoisotopic (exact) mass is 284 g/mol. The van der Waals surface area contributed by atoms with Gasteiger partial charge in [-0.05, 0) is 12.1 Å². The number of nitrogens with zero attached hydrogens (tertiary/aromatic N) is 1. The molecule has 0 aliphatic carbocycles. The summed E-state index contributed by atoms with van der Waals surface area (Å²) in [4.78, 5) is 3.87. The van der Waals surface area contributed by atoms with Crippen molar-refractivity contribution in [2.24, 2.45) is 0 Å². The van der Waals surface area contributed by atoms with Crippen LogP contribution in [-0.4, -0.2) is 11.3 Å². The molecule has 0 atom stereocenters. The molecule has 2 aromatic rings. The molecule has 0 saturated heterocycles. The Morgan fingerprint density at radius 3 is 2.79 bits per heavy atom. The van der Waals surface area contributed by atoms with E-state index < -0.39 is 6.29 Å². The van der Waals surface area contributed by atoms with Crippen LogP contribution in [0.3, 0.4) is 0 Å². The molecule has 0 spiro atoms. The standard InChI is InChI=1S/C12H7ClF2N2O2/c13-11-8(4-6(16)5-17-11)7-2-1-3-9-10(7)19-12(14,15)18-9/h1-5H,16H2. The molecule has 3 rings (SSSR count). The van der Waals surface area contributed by atoms with E-state index in [1.165, 1.54) is 18.3 Å². The highest BCUT2D eigenvalue weighted by Gasteiger charge is 2.44. The van der Waals surface area contributed by atoms with Gasteiger partial charge in [-0.25, -0.2) is 4.98 Å². The van der Waals surface area contributed by atoms with Crippen LogP contribution < -0.4 is 15.2 Å². The Kier molecular flexibility index (Phi) is 2.50. The molecule has 7 heteroatoms. The predicted molar refractivity (Wildman–Crippen MR) is 65.3 cm³/mol. The first-order valence-corrected chi connectivity index (χ1v) is 5.64. The molecule has 0 unspecified atom stereocenters. The molecule has 0 saturated carbocycles. The fraction of sp³-hybridized carbons (Fsp3) is 0.0833. The minimum atomic E-state index is -3.68. The fourth-order valence-corrected chi connectivity index (χ4v) is 2.04. The second-order valence-electron chi connectivity index (χ2n) is 3.91. The lowest BCUT2D eigenvalue weighted by Gasteiger charge is -2.08. The van der Waals surface area contributed by atoms with Gasteiger partial charge in [0.1, 0.15) is 5.15 Å². The van der Waals surface area contributed by atoms with E-state index in [0.29, 0.717) is 16.8 Å². The number of para-hydroxylation sites is 1. The van der Waals surface area contributed by atoms with E-state index in [4.69, 9.17) is 17.3 Å². The highest BCUT2D eigenvalue weighted by atomic mass is 35.5. The smallest absolute Gasteiger partial charge is 0.397 e. The molecule has 0 fully saturated rings. The minimum absolute atomic E-state index is 0.0546. The Morgan fingerprint density at radius 1 is 1.21 bits per heavy atom. The third kappa shape index (κ3) is 2.04. The number of hydrogen-bond donors (Lipinski definition) is 1. The number of alkyl halides is 2. The molecule has 0 amide bonds. The van der Waals surface area contributed by atoms with E-state index >= 15 is 0 Å². The minimum Gasteiger partial charge on any atom is -0.397 e. The van der Waals surface area contributed by atoms with Crippen molar-refractivity contribution in [1.82, 2.24) is 4.98 Å².